The maximum atomic E-state index is 14.5. The largest absolute Gasteiger partial charge is 0.484 e. The SMILES string of the molecule is CC(C)(Oc1cc(C(=O)OCCN2CCOCC2)ccc1F)C1CCc2ccccc21. The second-order valence-electron chi connectivity index (χ2n) is 8.73. The number of carbonyl (C=O) groups excluding carboxylic acids is 1. The van der Waals surface area contributed by atoms with Crippen molar-refractivity contribution in [3.8, 4) is 5.75 Å². The zero-order valence-corrected chi connectivity index (χ0v) is 18.2. The number of hydrogen-bond acceptors (Lipinski definition) is 5. The van der Waals surface area contributed by atoms with Crippen LogP contribution < -0.4 is 4.74 Å². The molecule has 1 aliphatic heterocycles. The van der Waals surface area contributed by atoms with E-state index in [0.717, 1.165) is 25.9 Å². The van der Waals surface area contributed by atoms with Crippen molar-refractivity contribution < 1.29 is 23.4 Å². The Kier molecular flexibility index (Phi) is 6.58. The van der Waals surface area contributed by atoms with Gasteiger partial charge in [0.05, 0.1) is 18.8 Å². The van der Waals surface area contributed by atoms with Gasteiger partial charge >= 0.3 is 5.97 Å². The van der Waals surface area contributed by atoms with E-state index in [9.17, 15) is 9.18 Å². The molecule has 0 N–H and O–H groups in total. The highest BCUT2D eigenvalue weighted by molar-refractivity contribution is 5.89. The summed E-state index contributed by atoms with van der Waals surface area (Å²) in [4.78, 5) is 14.7. The van der Waals surface area contributed by atoms with Gasteiger partial charge in [0.1, 0.15) is 12.2 Å². The molecule has 31 heavy (non-hydrogen) atoms. The fourth-order valence-electron chi connectivity index (χ4n) is 4.52. The molecule has 0 spiro atoms. The average molecular weight is 428 g/mol. The van der Waals surface area contributed by atoms with Crippen LogP contribution >= 0.6 is 0 Å². The number of hydrogen-bond donors (Lipinski definition) is 0. The molecular weight excluding hydrogens is 397 g/mol. The molecule has 1 saturated heterocycles. The van der Waals surface area contributed by atoms with Crippen molar-refractivity contribution in [2.45, 2.75) is 38.2 Å². The molecule has 2 aliphatic rings. The van der Waals surface area contributed by atoms with Crippen LogP contribution in [0.5, 0.6) is 5.75 Å². The van der Waals surface area contributed by atoms with E-state index in [-0.39, 0.29) is 18.3 Å². The molecule has 1 atom stereocenters. The third-order valence-corrected chi connectivity index (χ3v) is 6.26. The first-order chi connectivity index (χ1) is 14.9. The minimum atomic E-state index is -0.619. The lowest BCUT2D eigenvalue weighted by Gasteiger charge is -2.33. The molecule has 2 aromatic carbocycles. The molecule has 1 aliphatic carbocycles. The zero-order valence-electron chi connectivity index (χ0n) is 18.2. The van der Waals surface area contributed by atoms with Gasteiger partial charge in [-0.3, -0.25) is 4.90 Å². The van der Waals surface area contributed by atoms with Crippen LogP contribution in [0.15, 0.2) is 42.5 Å². The van der Waals surface area contributed by atoms with Gasteiger partial charge in [-0.05, 0) is 56.0 Å². The Morgan fingerprint density at radius 1 is 1.19 bits per heavy atom. The molecule has 1 heterocycles. The normalized spacial score (nSPS) is 19.1. The number of aryl methyl sites for hydroxylation is 1. The maximum absolute atomic E-state index is 14.5. The summed E-state index contributed by atoms with van der Waals surface area (Å²) >= 11 is 0. The molecular formula is C25H30FNO4. The monoisotopic (exact) mass is 427 g/mol. The van der Waals surface area contributed by atoms with E-state index in [1.165, 1.54) is 29.3 Å². The Hall–Kier alpha value is -2.44. The van der Waals surface area contributed by atoms with E-state index >= 15 is 0 Å². The van der Waals surface area contributed by atoms with Crippen molar-refractivity contribution in [2.24, 2.45) is 0 Å². The van der Waals surface area contributed by atoms with Gasteiger partial charge in [-0.15, -0.1) is 0 Å². The van der Waals surface area contributed by atoms with Crippen molar-refractivity contribution in [1.29, 1.82) is 0 Å². The van der Waals surface area contributed by atoms with Gasteiger partial charge in [0.15, 0.2) is 11.6 Å². The predicted molar refractivity (Wildman–Crippen MR) is 116 cm³/mol. The lowest BCUT2D eigenvalue weighted by Crippen LogP contribution is -2.38. The highest BCUT2D eigenvalue weighted by Gasteiger charge is 2.37. The number of ether oxygens (including phenoxy) is 3. The minimum absolute atomic E-state index is 0.0806. The van der Waals surface area contributed by atoms with Crippen molar-refractivity contribution in [3.05, 3.63) is 65.0 Å². The summed E-state index contributed by atoms with van der Waals surface area (Å²) in [7, 11) is 0. The summed E-state index contributed by atoms with van der Waals surface area (Å²) in [5.74, 6) is -0.712. The molecule has 4 rings (SSSR count). The van der Waals surface area contributed by atoms with E-state index in [2.05, 4.69) is 17.0 Å². The smallest absolute Gasteiger partial charge is 0.338 e. The number of nitrogens with zero attached hydrogens (tertiary/aromatic N) is 1. The van der Waals surface area contributed by atoms with Gasteiger partial charge in [-0.1, -0.05) is 24.3 Å². The zero-order chi connectivity index (χ0) is 21.8. The van der Waals surface area contributed by atoms with Crippen LogP contribution in [0.1, 0.15) is 47.7 Å². The number of fused-ring (bicyclic) bond motifs is 1. The first kappa shape index (κ1) is 21.8. The Morgan fingerprint density at radius 2 is 1.97 bits per heavy atom. The molecule has 166 valence electrons. The van der Waals surface area contributed by atoms with E-state index in [0.29, 0.717) is 25.3 Å². The maximum Gasteiger partial charge on any atom is 0.338 e. The van der Waals surface area contributed by atoms with Crippen molar-refractivity contribution in [1.82, 2.24) is 4.90 Å². The molecule has 2 aromatic rings. The summed E-state index contributed by atoms with van der Waals surface area (Å²) in [6.45, 7) is 7.99. The van der Waals surface area contributed by atoms with Gasteiger partial charge < -0.3 is 14.2 Å². The number of halogens is 1. The lowest BCUT2D eigenvalue weighted by molar-refractivity contribution is 0.0194. The Morgan fingerprint density at radius 3 is 2.77 bits per heavy atom. The van der Waals surface area contributed by atoms with Crippen molar-refractivity contribution in [3.63, 3.8) is 0 Å². The van der Waals surface area contributed by atoms with E-state index < -0.39 is 17.4 Å². The number of esters is 1. The molecule has 0 radical (unpaired) electrons. The molecule has 0 bridgehead atoms. The first-order valence-corrected chi connectivity index (χ1v) is 11.0. The van der Waals surface area contributed by atoms with Crippen molar-refractivity contribution >= 4 is 5.97 Å². The van der Waals surface area contributed by atoms with Crippen LogP contribution in [0.3, 0.4) is 0 Å². The molecule has 6 heteroatoms. The van der Waals surface area contributed by atoms with Gasteiger partial charge in [-0.2, -0.15) is 0 Å². The number of rotatable bonds is 7. The van der Waals surface area contributed by atoms with Gasteiger partial charge in [0, 0.05) is 25.6 Å². The number of benzene rings is 2. The fourth-order valence-corrected chi connectivity index (χ4v) is 4.52. The Labute approximate surface area is 183 Å². The summed E-state index contributed by atoms with van der Waals surface area (Å²) in [6.07, 6.45) is 1.95. The van der Waals surface area contributed by atoms with Crippen LogP contribution in [0.2, 0.25) is 0 Å². The minimum Gasteiger partial charge on any atom is -0.484 e. The topological polar surface area (TPSA) is 48.0 Å². The molecule has 0 saturated carbocycles. The highest BCUT2D eigenvalue weighted by Crippen LogP contribution is 2.42. The van der Waals surface area contributed by atoms with Crippen LogP contribution in [0, 0.1) is 5.82 Å². The van der Waals surface area contributed by atoms with Crippen LogP contribution in [0.25, 0.3) is 0 Å². The van der Waals surface area contributed by atoms with Gasteiger partial charge in [0.2, 0.25) is 0 Å². The van der Waals surface area contributed by atoms with Crippen LogP contribution in [-0.4, -0.2) is 55.9 Å². The van der Waals surface area contributed by atoms with Crippen LogP contribution in [-0.2, 0) is 15.9 Å². The molecule has 1 fully saturated rings. The number of morpholine rings is 1. The van der Waals surface area contributed by atoms with Gasteiger partial charge in [0.25, 0.3) is 0 Å². The highest BCUT2D eigenvalue weighted by atomic mass is 19.1. The van der Waals surface area contributed by atoms with E-state index in [4.69, 9.17) is 14.2 Å². The summed E-state index contributed by atoms with van der Waals surface area (Å²) < 4.78 is 31.4. The summed E-state index contributed by atoms with van der Waals surface area (Å²) in [5.41, 5.74) is 2.25. The second-order valence-corrected chi connectivity index (χ2v) is 8.73. The van der Waals surface area contributed by atoms with Crippen LogP contribution in [0.4, 0.5) is 4.39 Å². The third-order valence-electron chi connectivity index (χ3n) is 6.26. The predicted octanol–water partition coefficient (Wildman–Crippen LogP) is 4.20. The molecule has 0 amide bonds. The summed E-state index contributed by atoms with van der Waals surface area (Å²) in [6, 6.07) is 12.5. The Bertz CT molecular complexity index is 923. The molecule has 0 aromatic heterocycles. The summed E-state index contributed by atoms with van der Waals surface area (Å²) in [5, 5.41) is 0. The van der Waals surface area contributed by atoms with E-state index in [1.54, 1.807) is 0 Å². The standard InChI is InChI=1S/C25H30FNO4/c1-25(2,21-9-7-18-5-3-4-6-20(18)21)31-23-17-19(8-10-22(23)26)24(28)30-16-13-27-11-14-29-15-12-27/h3-6,8,10,17,21H,7,9,11-16H2,1-2H3. The first-order valence-electron chi connectivity index (χ1n) is 11.0. The third kappa shape index (κ3) is 5.08. The van der Waals surface area contributed by atoms with Gasteiger partial charge in [-0.25, -0.2) is 9.18 Å². The van der Waals surface area contributed by atoms with E-state index in [1.807, 2.05) is 26.0 Å². The Balaban J connectivity index is 1.41. The number of carbonyl (C=O) groups is 1. The quantitative estimate of drug-likeness (QED) is 0.620. The lowest BCUT2D eigenvalue weighted by atomic mass is 9.85. The van der Waals surface area contributed by atoms with Crippen molar-refractivity contribution in [2.75, 3.05) is 39.5 Å². The molecule has 5 nitrogen and oxygen atoms in total. The average Bonchev–Trinajstić information content (AvgIpc) is 3.21. The fraction of sp³-hybridized carbons (Fsp3) is 0.480. The molecule has 1 unspecified atom stereocenters. The second kappa shape index (κ2) is 9.37.